The van der Waals surface area contributed by atoms with Crippen LogP contribution in [0.1, 0.15) is 23.0 Å². The maximum Gasteiger partial charge on any atom is 0.338 e. The van der Waals surface area contributed by atoms with Gasteiger partial charge in [0.2, 0.25) is 0 Å². The summed E-state index contributed by atoms with van der Waals surface area (Å²) in [5.74, 6) is -0.228. The fraction of sp³-hybridized carbons (Fsp3) is 0.200. The second kappa shape index (κ2) is 4.97. The van der Waals surface area contributed by atoms with Crippen LogP contribution in [0.4, 0.5) is 5.69 Å². The Balaban J connectivity index is 1.92. The van der Waals surface area contributed by atoms with E-state index in [2.05, 4.69) is 0 Å². The van der Waals surface area contributed by atoms with Crippen molar-refractivity contribution in [3.05, 3.63) is 47.9 Å². The molecule has 21 heavy (non-hydrogen) atoms. The van der Waals surface area contributed by atoms with Crippen molar-refractivity contribution in [3.63, 3.8) is 0 Å². The van der Waals surface area contributed by atoms with Gasteiger partial charge >= 0.3 is 5.97 Å². The molecule has 2 heterocycles. The number of rotatable bonds is 3. The Kier molecular flexibility index (Phi) is 3.13. The van der Waals surface area contributed by atoms with E-state index >= 15 is 0 Å². The lowest BCUT2D eigenvalue weighted by Gasteiger charge is -2.32. The number of para-hydroxylation sites is 2. The minimum atomic E-state index is -1.06. The van der Waals surface area contributed by atoms with Gasteiger partial charge in [-0.1, -0.05) is 12.1 Å². The predicted octanol–water partition coefficient (Wildman–Crippen LogP) is 2.29. The highest BCUT2D eigenvalue weighted by atomic mass is 16.5. The molecule has 2 aromatic rings. The number of carboxylic acid groups (broad SMARTS) is 1. The highest BCUT2D eigenvalue weighted by molar-refractivity contribution is 5.99. The average molecular weight is 287 g/mol. The van der Waals surface area contributed by atoms with Gasteiger partial charge in [-0.15, -0.1) is 0 Å². The summed E-state index contributed by atoms with van der Waals surface area (Å²) in [6.45, 7) is 1.84. The van der Waals surface area contributed by atoms with Crippen LogP contribution in [0.5, 0.6) is 5.75 Å². The van der Waals surface area contributed by atoms with E-state index < -0.39 is 12.1 Å². The molecule has 1 N–H and O–H groups in total. The van der Waals surface area contributed by atoms with Crippen molar-refractivity contribution in [3.8, 4) is 5.75 Å². The number of carboxylic acids is 1. The van der Waals surface area contributed by atoms with Crippen LogP contribution in [0, 0.1) is 0 Å². The van der Waals surface area contributed by atoms with E-state index in [1.165, 1.54) is 11.0 Å². The number of benzene rings is 1. The van der Waals surface area contributed by atoms with E-state index in [0.717, 1.165) is 6.26 Å². The zero-order chi connectivity index (χ0) is 15.0. The molecule has 108 valence electrons. The lowest BCUT2D eigenvalue weighted by Crippen LogP contribution is -2.43. The first kappa shape index (κ1) is 13.2. The molecule has 1 amide bonds. The summed E-state index contributed by atoms with van der Waals surface area (Å²) in [6, 6.07) is 8.62. The van der Waals surface area contributed by atoms with Crippen LogP contribution in [0.15, 0.2) is 41.0 Å². The average Bonchev–Trinajstić information content (AvgIpc) is 2.93. The first-order valence-corrected chi connectivity index (χ1v) is 6.44. The Labute approximate surface area is 120 Å². The summed E-state index contributed by atoms with van der Waals surface area (Å²) in [5.41, 5.74) is 0.709. The number of fused-ring (bicyclic) bond motifs is 1. The zero-order valence-electron chi connectivity index (χ0n) is 11.3. The van der Waals surface area contributed by atoms with E-state index in [4.69, 9.17) is 14.3 Å². The number of carbonyl (C=O) groups excluding carboxylic acids is 1. The topological polar surface area (TPSA) is 80.0 Å². The molecule has 6 nitrogen and oxygen atoms in total. The summed E-state index contributed by atoms with van der Waals surface area (Å²) >= 11 is 0. The molecular weight excluding hydrogens is 274 g/mol. The monoisotopic (exact) mass is 287 g/mol. The number of furan rings is 1. The third-order valence-corrected chi connectivity index (χ3v) is 3.29. The van der Waals surface area contributed by atoms with E-state index in [-0.39, 0.29) is 18.0 Å². The molecule has 6 heteroatoms. The highest BCUT2D eigenvalue weighted by Crippen LogP contribution is 2.34. The van der Waals surface area contributed by atoms with Crippen molar-refractivity contribution >= 4 is 17.6 Å². The van der Waals surface area contributed by atoms with E-state index in [1.807, 2.05) is 12.1 Å². The van der Waals surface area contributed by atoms with Crippen molar-refractivity contribution in [2.45, 2.75) is 19.6 Å². The molecular formula is C15H13NO5. The van der Waals surface area contributed by atoms with E-state index in [9.17, 15) is 9.59 Å². The van der Waals surface area contributed by atoms with Crippen LogP contribution >= 0.6 is 0 Å². The Morgan fingerprint density at radius 2 is 2.14 bits per heavy atom. The number of ether oxygens (including phenoxy) is 1. The van der Waals surface area contributed by atoms with Crippen LogP contribution in [0.2, 0.25) is 0 Å². The SMILES string of the molecule is CC1Oc2ccccc2N(Cc2cc(C(=O)O)co2)C1=O. The van der Waals surface area contributed by atoms with Gasteiger partial charge in [-0.05, 0) is 25.1 Å². The lowest BCUT2D eigenvalue weighted by molar-refractivity contribution is -0.125. The van der Waals surface area contributed by atoms with Crippen molar-refractivity contribution in [1.29, 1.82) is 0 Å². The third kappa shape index (κ3) is 2.35. The molecule has 1 aromatic carbocycles. The van der Waals surface area contributed by atoms with Crippen LogP contribution in [-0.4, -0.2) is 23.1 Å². The van der Waals surface area contributed by atoms with Crippen LogP contribution in [0.3, 0.4) is 0 Å². The predicted molar refractivity (Wildman–Crippen MR) is 73.4 cm³/mol. The molecule has 1 aromatic heterocycles. The molecule has 0 fully saturated rings. The maximum atomic E-state index is 12.3. The number of amides is 1. The summed E-state index contributed by atoms with van der Waals surface area (Å²) in [4.78, 5) is 24.7. The molecule has 0 saturated heterocycles. The molecule has 1 atom stereocenters. The van der Waals surface area contributed by atoms with Gasteiger partial charge < -0.3 is 14.3 Å². The normalized spacial score (nSPS) is 17.3. The lowest BCUT2D eigenvalue weighted by atomic mass is 10.1. The second-order valence-corrected chi connectivity index (χ2v) is 4.76. The smallest absolute Gasteiger partial charge is 0.338 e. The molecule has 0 radical (unpaired) electrons. The van der Waals surface area contributed by atoms with Crippen molar-refractivity contribution in [2.24, 2.45) is 0 Å². The van der Waals surface area contributed by atoms with E-state index in [0.29, 0.717) is 17.2 Å². The maximum absolute atomic E-state index is 12.3. The third-order valence-electron chi connectivity index (χ3n) is 3.29. The molecule has 0 bridgehead atoms. The molecule has 1 unspecified atom stereocenters. The van der Waals surface area contributed by atoms with Crippen LogP contribution in [0.25, 0.3) is 0 Å². The van der Waals surface area contributed by atoms with Gasteiger partial charge in [0, 0.05) is 0 Å². The highest BCUT2D eigenvalue weighted by Gasteiger charge is 2.31. The Hall–Kier alpha value is -2.76. The standard InChI is InChI=1S/C15H13NO5/c1-9-14(17)16(12-4-2-3-5-13(12)21-9)7-11-6-10(8-20-11)15(18)19/h2-6,8-9H,7H2,1H3,(H,18,19). The van der Waals surface area contributed by atoms with Crippen molar-refractivity contribution < 1.29 is 23.8 Å². The van der Waals surface area contributed by atoms with E-state index in [1.54, 1.807) is 19.1 Å². The zero-order valence-corrected chi connectivity index (χ0v) is 11.3. The van der Waals surface area contributed by atoms with Gasteiger partial charge in [0.15, 0.2) is 6.10 Å². The number of carbonyl (C=O) groups is 2. The fourth-order valence-corrected chi connectivity index (χ4v) is 2.25. The number of aromatic carboxylic acids is 1. The number of nitrogens with zero attached hydrogens (tertiary/aromatic N) is 1. The van der Waals surface area contributed by atoms with Crippen molar-refractivity contribution in [1.82, 2.24) is 0 Å². The Morgan fingerprint density at radius 3 is 2.86 bits per heavy atom. The number of hydrogen-bond donors (Lipinski definition) is 1. The summed E-state index contributed by atoms with van der Waals surface area (Å²) in [5, 5.41) is 8.90. The minimum absolute atomic E-state index is 0.0621. The molecule has 0 aliphatic carbocycles. The van der Waals surface area contributed by atoms with Gasteiger partial charge in [-0.2, -0.15) is 0 Å². The quantitative estimate of drug-likeness (QED) is 0.936. The Morgan fingerprint density at radius 1 is 1.38 bits per heavy atom. The second-order valence-electron chi connectivity index (χ2n) is 4.76. The molecule has 3 rings (SSSR count). The molecule has 1 aliphatic heterocycles. The largest absolute Gasteiger partial charge is 0.479 e. The molecule has 1 aliphatic rings. The van der Waals surface area contributed by atoms with Gasteiger partial charge in [0.1, 0.15) is 17.8 Å². The van der Waals surface area contributed by atoms with Gasteiger partial charge in [-0.25, -0.2) is 4.79 Å². The first-order valence-electron chi connectivity index (χ1n) is 6.44. The van der Waals surface area contributed by atoms with Gasteiger partial charge in [-0.3, -0.25) is 9.69 Å². The molecule has 0 spiro atoms. The minimum Gasteiger partial charge on any atom is -0.479 e. The molecule has 0 saturated carbocycles. The Bertz CT molecular complexity index is 706. The number of anilines is 1. The summed E-state index contributed by atoms with van der Waals surface area (Å²) < 4.78 is 10.8. The van der Waals surface area contributed by atoms with Crippen LogP contribution in [-0.2, 0) is 11.3 Å². The van der Waals surface area contributed by atoms with Gasteiger partial charge in [0.25, 0.3) is 5.91 Å². The number of hydrogen-bond acceptors (Lipinski definition) is 4. The van der Waals surface area contributed by atoms with Gasteiger partial charge in [0.05, 0.1) is 17.8 Å². The fourth-order valence-electron chi connectivity index (χ4n) is 2.25. The summed E-state index contributed by atoms with van der Waals surface area (Å²) in [7, 11) is 0. The summed E-state index contributed by atoms with van der Waals surface area (Å²) in [6.07, 6.45) is 0.576. The van der Waals surface area contributed by atoms with Crippen molar-refractivity contribution in [2.75, 3.05) is 4.90 Å². The van der Waals surface area contributed by atoms with Crippen LogP contribution < -0.4 is 9.64 Å². The first-order chi connectivity index (χ1) is 10.1.